The van der Waals surface area contributed by atoms with Gasteiger partial charge in [-0.05, 0) is 44.1 Å². The van der Waals surface area contributed by atoms with Crippen molar-refractivity contribution in [2.75, 3.05) is 36.5 Å². The third kappa shape index (κ3) is 2.72. The fraction of sp³-hybridized carbons (Fsp3) is 0.368. The Morgan fingerprint density at radius 3 is 2.52 bits per heavy atom. The average molecular weight is 338 g/mol. The molecule has 0 atom stereocenters. The summed E-state index contributed by atoms with van der Waals surface area (Å²) in [6, 6.07) is 9.36. The van der Waals surface area contributed by atoms with Crippen LogP contribution in [0, 0.1) is 0 Å². The zero-order valence-electron chi connectivity index (χ0n) is 14.4. The monoisotopic (exact) mass is 338 g/mol. The summed E-state index contributed by atoms with van der Waals surface area (Å²) in [5.74, 6) is -0.140. The molecule has 0 saturated carbocycles. The van der Waals surface area contributed by atoms with Crippen molar-refractivity contribution in [1.82, 2.24) is 9.88 Å². The van der Waals surface area contributed by atoms with Crippen molar-refractivity contribution in [3.63, 3.8) is 0 Å². The van der Waals surface area contributed by atoms with E-state index < -0.39 is 0 Å². The Labute approximate surface area is 147 Å². The van der Waals surface area contributed by atoms with Crippen LogP contribution in [0.15, 0.2) is 36.5 Å². The van der Waals surface area contributed by atoms with Crippen LogP contribution in [0.1, 0.15) is 29.8 Å². The smallest absolute Gasteiger partial charge is 0.276 e. The molecule has 6 heteroatoms. The van der Waals surface area contributed by atoms with Gasteiger partial charge in [-0.3, -0.25) is 19.4 Å². The zero-order chi connectivity index (χ0) is 17.4. The molecule has 2 aliphatic heterocycles. The lowest BCUT2D eigenvalue weighted by Gasteiger charge is -2.29. The molecule has 2 aliphatic rings. The highest BCUT2D eigenvalue weighted by Crippen LogP contribution is 2.39. The number of H-pyrrole nitrogens is 1. The van der Waals surface area contributed by atoms with E-state index in [4.69, 9.17) is 0 Å². The molecule has 1 aromatic heterocycles. The first kappa shape index (κ1) is 15.9. The van der Waals surface area contributed by atoms with E-state index in [0.717, 1.165) is 37.3 Å². The topological polar surface area (TPSA) is 59.7 Å². The Morgan fingerprint density at radius 2 is 1.76 bits per heavy atom. The summed E-state index contributed by atoms with van der Waals surface area (Å²) < 4.78 is 0. The van der Waals surface area contributed by atoms with Crippen molar-refractivity contribution in [3.8, 4) is 0 Å². The third-order valence-electron chi connectivity index (χ3n) is 5.03. The number of aromatic nitrogens is 1. The Balaban J connectivity index is 1.76. The minimum Gasteiger partial charge on any atom is -0.355 e. The van der Waals surface area contributed by atoms with Crippen LogP contribution < -0.4 is 9.80 Å². The van der Waals surface area contributed by atoms with Crippen LogP contribution in [0.25, 0.3) is 0 Å². The highest BCUT2D eigenvalue weighted by Gasteiger charge is 2.33. The molecule has 1 saturated heterocycles. The highest BCUT2D eigenvalue weighted by molar-refractivity contribution is 6.18. The Kier molecular flexibility index (Phi) is 4.05. The lowest BCUT2D eigenvalue weighted by molar-refractivity contribution is -0.119. The molecule has 2 aromatic rings. The van der Waals surface area contributed by atoms with Crippen LogP contribution in [0.3, 0.4) is 0 Å². The van der Waals surface area contributed by atoms with Gasteiger partial charge in [-0.2, -0.15) is 0 Å². The van der Waals surface area contributed by atoms with Gasteiger partial charge in [-0.1, -0.05) is 18.6 Å². The standard InChI is InChI=1S/C19H22N4O2/c1-21-14-7-3-4-8-15(14)23(16-9-10-20-18(16)19(21)25)17(24)13-22-11-5-2-6-12-22/h3-4,7-10,20H,2,5-6,11-13H2,1H3. The lowest BCUT2D eigenvalue weighted by Crippen LogP contribution is -2.40. The van der Waals surface area contributed by atoms with Crippen LogP contribution in [0.5, 0.6) is 0 Å². The summed E-state index contributed by atoms with van der Waals surface area (Å²) in [4.78, 5) is 34.5. The van der Waals surface area contributed by atoms with Gasteiger partial charge in [0, 0.05) is 13.2 Å². The number of hydrogen-bond donors (Lipinski definition) is 1. The number of nitrogens with zero attached hydrogens (tertiary/aromatic N) is 3. The maximum Gasteiger partial charge on any atom is 0.276 e. The fourth-order valence-electron chi connectivity index (χ4n) is 3.71. The second-order valence-corrected chi connectivity index (χ2v) is 6.66. The highest BCUT2D eigenvalue weighted by atomic mass is 16.2. The predicted octanol–water partition coefficient (Wildman–Crippen LogP) is 2.76. The number of anilines is 3. The first-order chi connectivity index (χ1) is 12.2. The zero-order valence-corrected chi connectivity index (χ0v) is 14.4. The number of rotatable bonds is 2. The van der Waals surface area contributed by atoms with Gasteiger partial charge in [0.1, 0.15) is 5.69 Å². The largest absolute Gasteiger partial charge is 0.355 e. The molecule has 6 nitrogen and oxygen atoms in total. The second-order valence-electron chi connectivity index (χ2n) is 6.66. The van der Waals surface area contributed by atoms with Crippen LogP contribution in [-0.4, -0.2) is 48.4 Å². The Bertz CT molecular complexity index is 807. The van der Waals surface area contributed by atoms with E-state index in [2.05, 4.69) is 9.88 Å². The lowest BCUT2D eigenvalue weighted by atomic mass is 10.1. The number of para-hydroxylation sites is 2. The van der Waals surface area contributed by atoms with Crippen LogP contribution in [-0.2, 0) is 4.79 Å². The van der Waals surface area contributed by atoms with E-state index in [9.17, 15) is 9.59 Å². The van der Waals surface area contributed by atoms with E-state index in [1.807, 2.05) is 24.3 Å². The molecule has 0 unspecified atom stereocenters. The van der Waals surface area contributed by atoms with E-state index in [-0.39, 0.29) is 11.8 Å². The first-order valence-electron chi connectivity index (χ1n) is 8.76. The second kappa shape index (κ2) is 6.37. The van der Waals surface area contributed by atoms with E-state index >= 15 is 0 Å². The molecular weight excluding hydrogens is 316 g/mol. The van der Waals surface area contributed by atoms with Crippen molar-refractivity contribution in [2.45, 2.75) is 19.3 Å². The molecule has 3 heterocycles. The molecule has 2 amide bonds. The molecule has 130 valence electrons. The summed E-state index contributed by atoms with van der Waals surface area (Å²) in [5.41, 5.74) is 2.57. The summed E-state index contributed by atoms with van der Waals surface area (Å²) in [6.07, 6.45) is 5.23. The van der Waals surface area contributed by atoms with Gasteiger partial charge in [0.25, 0.3) is 5.91 Å². The van der Waals surface area contributed by atoms with Crippen LogP contribution >= 0.6 is 0 Å². The number of fused-ring (bicyclic) bond motifs is 2. The van der Waals surface area contributed by atoms with Gasteiger partial charge >= 0.3 is 0 Å². The molecule has 1 N–H and O–H groups in total. The molecular formula is C19H22N4O2. The van der Waals surface area contributed by atoms with Crippen molar-refractivity contribution in [3.05, 3.63) is 42.2 Å². The number of nitrogens with one attached hydrogen (secondary N) is 1. The number of carbonyl (C=O) groups is 2. The Hall–Kier alpha value is -2.60. The maximum absolute atomic E-state index is 13.2. The summed E-state index contributed by atoms with van der Waals surface area (Å²) in [5, 5.41) is 0. The first-order valence-corrected chi connectivity index (χ1v) is 8.76. The molecule has 0 spiro atoms. The molecule has 1 aromatic carbocycles. The minimum absolute atomic E-state index is 0.00157. The normalized spacial score (nSPS) is 17.9. The van der Waals surface area contributed by atoms with Gasteiger partial charge in [-0.15, -0.1) is 0 Å². The Morgan fingerprint density at radius 1 is 1.04 bits per heavy atom. The van der Waals surface area contributed by atoms with Gasteiger partial charge < -0.3 is 9.88 Å². The van der Waals surface area contributed by atoms with Crippen LogP contribution in [0.2, 0.25) is 0 Å². The number of aromatic amines is 1. The minimum atomic E-state index is -0.138. The molecule has 4 rings (SSSR count). The number of benzene rings is 1. The van der Waals surface area contributed by atoms with Crippen LogP contribution in [0.4, 0.5) is 17.1 Å². The van der Waals surface area contributed by atoms with E-state index in [0.29, 0.717) is 17.9 Å². The van der Waals surface area contributed by atoms with Crippen molar-refractivity contribution in [1.29, 1.82) is 0 Å². The summed E-state index contributed by atoms with van der Waals surface area (Å²) >= 11 is 0. The van der Waals surface area contributed by atoms with Crippen molar-refractivity contribution in [2.24, 2.45) is 0 Å². The molecule has 25 heavy (non-hydrogen) atoms. The van der Waals surface area contributed by atoms with E-state index in [1.165, 1.54) is 6.42 Å². The van der Waals surface area contributed by atoms with Gasteiger partial charge in [0.05, 0.1) is 23.6 Å². The maximum atomic E-state index is 13.2. The number of likely N-dealkylation sites (tertiary alicyclic amines) is 1. The van der Waals surface area contributed by atoms with Crippen molar-refractivity contribution < 1.29 is 9.59 Å². The third-order valence-corrected chi connectivity index (χ3v) is 5.03. The van der Waals surface area contributed by atoms with E-state index in [1.54, 1.807) is 29.1 Å². The molecule has 0 aliphatic carbocycles. The summed E-state index contributed by atoms with van der Waals surface area (Å²) in [6.45, 7) is 2.29. The average Bonchev–Trinajstić information content (AvgIpc) is 3.08. The molecule has 1 fully saturated rings. The molecule has 0 radical (unpaired) electrons. The SMILES string of the molecule is CN1C(=O)c2[nH]ccc2N(C(=O)CN2CCCCC2)c2ccccc21. The molecule has 0 bridgehead atoms. The van der Waals surface area contributed by atoms with Gasteiger partial charge in [-0.25, -0.2) is 0 Å². The predicted molar refractivity (Wildman–Crippen MR) is 97.4 cm³/mol. The van der Waals surface area contributed by atoms with Gasteiger partial charge in [0.2, 0.25) is 5.91 Å². The van der Waals surface area contributed by atoms with Gasteiger partial charge in [0.15, 0.2) is 0 Å². The van der Waals surface area contributed by atoms with Crippen molar-refractivity contribution >= 4 is 28.9 Å². The fourth-order valence-corrected chi connectivity index (χ4v) is 3.71. The number of carbonyl (C=O) groups excluding carboxylic acids is 2. The summed E-state index contributed by atoms with van der Waals surface area (Å²) in [7, 11) is 1.74. The quantitative estimate of drug-likeness (QED) is 0.916. The number of amides is 2. The number of hydrogen-bond acceptors (Lipinski definition) is 3. The number of piperidine rings is 1.